The topological polar surface area (TPSA) is 401 Å². The van der Waals surface area contributed by atoms with Gasteiger partial charge in [-0.25, -0.2) is 27.4 Å². The maximum absolute atomic E-state index is 11.4. The molecule has 0 aromatic heterocycles. The van der Waals surface area contributed by atoms with Crippen LogP contribution in [0.2, 0.25) is 0 Å². The molecular formula is C18H43KO24P6. The van der Waals surface area contributed by atoms with Gasteiger partial charge in [0, 0.05) is 0 Å². The number of phosphoric ester groups is 6. The Balaban J connectivity index is 0. The molecule has 0 aromatic rings. The van der Waals surface area contributed by atoms with Crippen molar-refractivity contribution in [3.63, 3.8) is 0 Å². The van der Waals surface area contributed by atoms with Crippen molar-refractivity contribution in [2.45, 2.75) is 108 Å². The van der Waals surface area contributed by atoms with Gasteiger partial charge in [0.1, 0.15) is 36.6 Å². The van der Waals surface area contributed by atoms with Crippen LogP contribution < -0.4 is 51.4 Å². The molecule has 1 aliphatic rings. The molecule has 1 saturated carbocycles. The van der Waals surface area contributed by atoms with Crippen LogP contribution in [0.3, 0.4) is 0 Å². The number of hydrogen-bond donors (Lipinski definition) is 12. The summed E-state index contributed by atoms with van der Waals surface area (Å²) in [5, 5.41) is 0. The summed E-state index contributed by atoms with van der Waals surface area (Å²) in [4.78, 5) is 110. The minimum absolute atomic E-state index is 0. The maximum atomic E-state index is 11.4. The molecule has 290 valence electrons. The van der Waals surface area contributed by atoms with Gasteiger partial charge >= 0.3 is 98.3 Å². The Kier molecular flexibility index (Phi) is 25.5. The first kappa shape index (κ1) is 53.4. The van der Waals surface area contributed by atoms with Crippen LogP contribution in [0.5, 0.6) is 0 Å². The largest absolute Gasteiger partial charge is 1.00 e. The molecule has 31 heteroatoms. The van der Waals surface area contributed by atoms with E-state index in [-0.39, 0.29) is 51.4 Å². The summed E-state index contributed by atoms with van der Waals surface area (Å²) in [7, 11) is -36.1. The van der Waals surface area contributed by atoms with Gasteiger partial charge in [-0.3, -0.25) is 27.1 Å². The van der Waals surface area contributed by atoms with Gasteiger partial charge in [-0.1, -0.05) is 64.7 Å². The Morgan fingerprint density at radius 3 is 0.694 bits per heavy atom. The minimum atomic E-state index is -6.02. The number of rotatable bonds is 21. The molecule has 0 radical (unpaired) electrons. The van der Waals surface area contributed by atoms with Gasteiger partial charge in [0.25, 0.3) is 0 Å². The summed E-state index contributed by atoms with van der Waals surface area (Å²) in [6.45, 7) is 6.12. The molecule has 0 atom stereocenters. The van der Waals surface area contributed by atoms with Crippen LogP contribution in [0.1, 0.15) is 71.1 Å². The molecule has 0 amide bonds. The predicted octanol–water partition coefficient (Wildman–Crippen LogP) is -1.39. The fourth-order valence-corrected chi connectivity index (χ4v) is 7.62. The van der Waals surface area contributed by atoms with E-state index in [9.17, 15) is 27.4 Å². The van der Waals surface area contributed by atoms with Crippen LogP contribution >= 0.6 is 46.9 Å². The molecule has 49 heavy (non-hydrogen) atoms. The average Bonchev–Trinajstić information content (AvgIpc) is 2.83. The summed E-state index contributed by atoms with van der Waals surface area (Å²) in [5.74, 6) is 0. The Morgan fingerprint density at radius 1 is 0.388 bits per heavy atom. The van der Waals surface area contributed by atoms with Crippen molar-refractivity contribution in [1.82, 2.24) is 0 Å². The first-order valence-electron chi connectivity index (χ1n) is 13.7. The zero-order valence-electron chi connectivity index (χ0n) is 26.2. The molecule has 24 nitrogen and oxygen atoms in total. The van der Waals surface area contributed by atoms with E-state index in [0.717, 1.165) is 6.42 Å². The van der Waals surface area contributed by atoms with Crippen LogP contribution in [0.25, 0.3) is 0 Å². The molecule has 0 bridgehead atoms. The van der Waals surface area contributed by atoms with E-state index in [1.807, 2.05) is 0 Å². The zero-order chi connectivity index (χ0) is 37.8. The van der Waals surface area contributed by atoms with Crippen molar-refractivity contribution in [3.05, 3.63) is 6.92 Å². The fourth-order valence-electron chi connectivity index (χ4n) is 4.28. The number of unbranched alkanes of at least 4 members (excludes halogenated alkanes) is 9. The van der Waals surface area contributed by atoms with E-state index >= 15 is 0 Å². The van der Waals surface area contributed by atoms with Crippen LogP contribution in [-0.2, 0) is 54.5 Å². The van der Waals surface area contributed by atoms with Gasteiger partial charge in [-0.15, -0.1) is 0 Å². The van der Waals surface area contributed by atoms with Gasteiger partial charge in [0.2, 0.25) is 0 Å². The van der Waals surface area contributed by atoms with Gasteiger partial charge in [-0.05, 0) is 0 Å². The molecule has 0 spiro atoms. The van der Waals surface area contributed by atoms with Crippen molar-refractivity contribution in [1.29, 1.82) is 0 Å². The van der Waals surface area contributed by atoms with Gasteiger partial charge in [0.05, 0.1) is 0 Å². The smallest absolute Gasteiger partial charge is 0.343 e. The number of hydrogen-bond acceptors (Lipinski definition) is 12. The third-order valence-corrected chi connectivity index (χ3v) is 8.96. The molecule has 0 unspecified atom stereocenters. The summed E-state index contributed by atoms with van der Waals surface area (Å²) >= 11 is 0. The van der Waals surface area contributed by atoms with Crippen molar-refractivity contribution in [2.24, 2.45) is 0 Å². The van der Waals surface area contributed by atoms with Gasteiger partial charge < -0.3 is 65.6 Å². The standard InChI is InChI=1S/C12H25.C6H18O24P6.K/c1-3-5-7-9-11-12-10-8-6-4-2;7-31(8,9)25-1-2(26-32(10,11)12)4(28-34(16,17)18)6(30-36(22,23)24)5(29-35(19,20)21)3(1)27-33(13,14)15;/h1,3-12H2,2H3;1-6H,(H2,7,8,9)(H2,10,11,12)(H2,13,14,15)(H2,16,17,18)(H2,19,20,21)(H2,22,23,24);/q-1;;+1. The number of phosphoric acid groups is 6. The van der Waals surface area contributed by atoms with E-state index in [4.69, 9.17) is 58.7 Å². The third-order valence-electron chi connectivity index (χ3n) is 5.85. The second kappa shape index (κ2) is 23.4. The van der Waals surface area contributed by atoms with Crippen LogP contribution in [0.15, 0.2) is 0 Å². The third kappa shape index (κ3) is 27.5. The average molecular weight is 868 g/mol. The van der Waals surface area contributed by atoms with Crippen LogP contribution in [0.4, 0.5) is 0 Å². The molecule has 12 N–H and O–H groups in total. The molecule has 0 saturated heterocycles. The first-order valence-corrected chi connectivity index (χ1v) is 22.9. The Bertz CT molecular complexity index is 996. The normalized spacial score (nSPS) is 24.1. The Hall–Kier alpha value is 2.30. The van der Waals surface area contributed by atoms with E-state index in [1.54, 1.807) is 0 Å². The van der Waals surface area contributed by atoms with Crippen LogP contribution in [-0.4, -0.2) is 95.3 Å². The minimum Gasteiger partial charge on any atom is -0.343 e. The molecule has 0 heterocycles. The Labute approximate surface area is 323 Å². The fraction of sp³-hybridized carbons (Fsp3) is 0.944. The summed E-state index contributed by atoms with van der Waals surface area (Å²) in [5.41, 5.74) is 0. The second-order valence-electron chi connectivity index (χ2n) is 10.0. The van der Waals surface area contributed by atoms with Gasteiger partial charge in [-0.2, -0.15) is 6.42 Å². The van der Waals surface area contributed by atoms with Crippen molar-refractivity contribution < 1.29 is 165 Å². The summed E-state index contributed by atoms with van der Waals surface area (Å²) < 4.78 is 93.1. The molecule has 0 aromatic carbocycles. The van der Waals surface area contributed by atoms with Crippen LogP contribution in [0, 0.1) is 6.92 Å². The predicted molar refractivity (Wildman–Crippen MR) is 159 cm³/mol. The molecule has 1 rings (SSSR count). The molecule has 0 aliphatic heterocycles. The molecule has 1 fully saturated rings. The van der Waals surface area contributed by atoms with E-state index in [2.05, 4.69) is 41.0 Å². The van der Waals surface area contributed by atoms with E-state index in [1.165, 1.54) is 57.8 Å². The Morgan fingerprint density at radius 2 is 0.551 bits per heavy atom. The SMILES string of the molecule is O=P(O)(O)OC1C(OP(=O)(O)O)C(OP(=O)(O)O)C(OP(=O)(O)O)C(OP(=O)(O)O)C1OP(=O)(O)O.[CH2-]CCCCCCCCCCC.[K+]. The first-order chi connectivity index (χ1) is 21.5. The van der Waals surface area contributed by atoms with Crippen molar-refractivity contribution in [2.75, 3.05) is 0 Å². The maximum Gasteiger partial charge on any atom is 1.00 e. The van der Waals surface area contributed by atoms with E-state index < -0.39 is 83.6 Å². The summed E-state index contributed by atoms with van der Waals surface area (Å²) in [6.07, 6.45) is -4.97. The van der Waals surface area contributed by atoms with Crippen molar-refractivity contribution >= 4 is 46.9 Å². The van der Waals surface area contributed by atoms with E-state index in [0.29, 0.717) is 0 Å². The monoisotopic (exact) mass is 868 g/mol. The van der Waals surface area contributed by atoms with Gasteiger partial charge in [0.15, 0.2) is 0 Å². The summed E-state index contributed by atoms with van der Waals surface area (Å²) in [6, 6.07) is 0. The second-order valence-corrected chi connectivity index (χ2v) is 17.2. The molecular weight excluding hydrogens is 825 g/mol. The van der Waals surface area contributed by atoms with Crippen molar-refractivity contribution in [3.8, 4) is 0 Å². The quantitative estimate of drug-likeness (QED) is 0.0273. The molecule has 1 aliphatic carbocycles. The zero-order valence-corrected chi connectivity index (χ0v) is 34.7.